The Labute approximate surface area is 131 Å². The second kappa shape index (κ2) is 6.20. The lowest BCUT2D eigenvalue weighted by molar-refractivity contribution is -0.119. The first-order valence-corrected chi connectivity index (χ1v) is 7.28. The largest absolute Gasteiger partial charge is 0.331 e. The number of halogens is 3. The summed E-state index contributed by atoms with van der Waals surface area (Å²) in [5, 5.41) is 4.74. The minimum Gasteiger partial charge on any atom is -0.331 e. The molecular weight excluding hydrogens is 323 g/mol. The molecule has 7 heteroatoms. The molecule has 0 saturated carbocycles. The molecule has 0 radical (unpaired) electrons. The standard InChI is InChI=1S/C13H13Cl3N2O2/c14-13(15,16)11(19)18-12(20)17-10-7-3-5-8-4-1-2-6-9(8)10/h1-2,4,6,10H,3,5,7H2,(H2,17,18,19,20). The Balaban J connectivity index is 2.01. The maximum atomic E-state index is 11.8. The van der Waals surface area contributed by atoms with E-state index in [2.05, 4.69) is 5.32 Å². The van der Waals surface area contributed by atoms with Gasteiger partial charge in [-0.15, -0.1) is 0 Å². The van der Waals surface area contributed by atoms with Crippen LogP contribution in [0.5, 0.6) is 0 Å². The zero-order valence-corrected chi connectivity index (χ0v) is 12.7. The fourth-order valence-electron chi connectivity index (χ4n) is 2.27. The van der Waals surface area contributed by atoms with Crippen molar-refractivity contribution in [1.82, 2.24) is 10.6 Å². The van der Waals surface area contributed by atoms with Gasteiger partial charge in [-0.3, -0.25) is 10.1 Å². The van der Waals surface area contributed by atoms with Crippen LogP contribution in [0, 0.1) is 0 Å². The molecular formula is C13H13Cl3N2O2. The smallest absolute Gasteiger partial charge is 0.322 e. The van der Waals surface area contributed by atoms with Crippen LogP contribution < -0.4 is 10.6 Å². The van der Waals surface area contributed by atoms with Crippen molar-refractivity contribution in [2.75, 3.05) is 0 Å². The SMILES string of the molecule is O=C(NC(=O)C(Cl)(Cl)Cl)NC1CCCc2ccccc21. The van der Waals surface area contributed by atoms with Crippen molar-refractivity contribution in [3.63, 3.8) is 0 Å². The normalized spacial score (nSPS) is 18.1. The van der Waals surface area contributed by atoms with Crippen molar-refractivity contribution in [1.29, 1.82) is 0 Å². The molecule has 0 heterocycles. The number of carbonyl (C=O) groups is 2. The van der Waals surface area contributed by atoms with E-state index in [-0.39, 0.29) is 6.04 Å². The average molecular weight is 336 g/mol. The van der Waals surface area contributed by atoms with E-state index < -0.39 is 15.7 Å². The van der Waals surface area contributed by atoms with Gasteiger partial charge in [0.1, 0.15) is 0 Å². The summed E-state index contributed by atoms with van der Waals surface area (Å²) >= 11 is 16.2. The molecule has 0 aromatic heterocycles. The van der Waals surface area contributed by atoms with E-state index in [1.165, 1.54) is 5.56 Å². The summed E-state index contributed by atoms with van der Waals surface area (Å²) in [4.78, 5) is 23.2. The minimum atomic E-state index is -2.15. The topological polar surface area (TPSA) is 58.2 Å². The van der Waals surface area contributed by atoms with Gasteiger partial charge in [0.05, 0.1) is 6.04 Å². The molecule has 108 valence electrons. The molecule has 1 aliphatic carbocycles. The number of amides is 3. The molecule has 1 aliphatic rings. The van der Waals surface area contributed by atoms with E-state index in [1.807, 2.05) is 29.6 Å². The zero-order chi connectivity index (χ0) is 14.8. The highest BCUT2D eigenvalue weighted by atomic mass is 35.6. The molecule has 20 heavy (non-hydrogen) atoms. The number of hydrogen-bond donors (Lipinski definition) is 2. The van der Waals surface area contributed by atoms with Crippen molar-refractivity contribution in [3.8, 4) is 0 Å². The van der Waals surface area contributed by atoms with Gasteiger partial charge in [-0.25, -0.2) is 4.79 Å². The third-order valence-electron chi connectivity index (χ3n) is 3.16. The van der Waals surface area contributed by atoms with Gasteiger partial charge >= 0.3 is 6.03 Å². The highest BCUT2D eigenvalue weighted by Crippen LogP contribution is 2.29. The summed E-state index contributed by atoms with van der Waals surface area (Å²) in [5.74, 6) is -0.968. The Kier molecular flexibility index (Phi) is 4.78. The van der Waals surface area contributed by atoms with Gasteiger partial charge in [-0.1, -0.05) is 59.1 Å². The number of imide groups is 1. The monoisotopic (exact) mass is 334 g/mol. The number of carbonyl (C=O) groups excluding carboxylic acids is 2. The second-order valence-electron chi connectivity index (χ2n) is 4.57. The average Bonchev–Trinajstić information content (AvgIpc) is 2.38. The molecule has 1 atom stereocenters. The van der Waals surface area contributed by atoms with Crippen molar-refractivity contribution < 1.29 is 9.59 Å². The van der Waals surface area contributed by atoms with Crippen molar-refractivity contribution >= 4 is 46.7 Å². The van der Waals surface area contributed by atoms with Crippen molar-refractivity contribution in [2.24, 2.45) is 0 Å². The fourth-order valence-corrected chi connectivity index (χ4v) is 2.41. The summed E-state index contributed by atoms with van der Waals surface area (Å²) < 4.78 is -2.15. The summed E-state index contributed by atoms with van der Waals surface area (Å²) in [6.07, 6.45) is 2.77. The summed E-state index contributed by atoms with van der Waals surface area (Å²) in [6.45, 7) is 0. The third-order valence-corrected chi connectivity index (χ3v) is 3.67. The van der Waals surface area contributed by atoms with Crippen molar-refractivity contribution in [3.05, 3.63) is 35.4 Å². The van der Waals surface area contributed by atoms with Gasteiger partial charge < -0.3 is 5.32 Å². The van der Waals surface area contributed by atoms with E-state index in [0.29, 0.717) is 0 Å². The number of benzene rings is 1. The van der Waals surface area contributed by atoms with E-state index in [1.54, 1.807) is 0 Å². The van der Waals surface area contributed by atoms with E-state index in [9.17, 15) is 9.59 Å². The number of alkyl halides is 3. The summed E-state index contributed by atoms with van der Waals surface area (Å²) in [6, 6.07) is 7.09. The number of hydrogen-bond acceptors (Lipinski definition) is 2. The lowest BCUT2D eigenvalue weighted by Crippen LogP contribution is -2.46. The van der Waals surface area contributed by atoms with Crippen LogP contribution in [0.1, 0.15) is 30.0 Å². The van der Waals surface area contributed by atoms with Crippen molar-refractivity contribution in [2.45, 2.75) is 29.1 Å². The predicted octanol–water partition coefficient (Wildman–Crippen LogP) is 3.26. The Bertz CT molecular complexity index is 529. The fraction of sp³-hybridized carbons (Fsp3) is 0.385. The van der Waals surface area contributed by atoms with E-state index in [4.69, 9.17) is 34.8 Å². The maximum Gasteiger partial charge on any atom is 0.322 e. The number of fused-ring (bicyclic) bond motifs is 1. The molecule has 2 N–H and O–H groups in total. The van der Waals surface area contributed by atoms with Crippen LogP contribution in [0.25, 0.3) is 0 Å². The van der Waals surface area contributed by atoms with Gasteiger partial charge in [0.25, 0.3) is 9.70 Å². The number of urea groups is 1. The Morgan fingerprint density at radius 1 is 1.20 bits per heavy atom. The van der Waals surface area contributed by atoms with Gasteiger partial charge in [-0.2, -0.15) is 0 Å². The van der Waals surface area contributed by atoms with E-state index >= 15 is 0 Å². The lowest BCUT2D eigenvalue weighted by Gasteiger charge is -2.26. The maximum absolute atomic E-state index is 11.8. The highest BCUT2D eigenvalue weighted by Gasteiger charge is 2.32. The Morgan fingerprint density at radius 3 is 2.60 bits per heavy atom. The van der Waals surface area contributed by atoms with E-state index in [0.717, 1.165) is 24.8 Å². The van der Waals surface area contributed by atoms with Crippen LogP contribution in [-0.2, 0) is 11.2 Å². The predicted molar refractivity (Wildman–Crippen MR) is 79.1 cm³/mol. The quantitative estimate of drug-likeness (QED) is 0.774. The highest BCUT2D eigenvalue weighted by molar-refractivity contribution is 6.76. The molecule has 1 unspecified atom stereocenters. The summed E-state index contributed by atoms with van der Waals surface area (Å²) in [5.41, 5.74) is 2.27. The lowest BCUT2D eigenvalue weighted by atomic mass is 9.88. The first-order valence-electron chi connectivity index (χ1n) is 6.14. The summed E-state index contributed by atoms with van der Waals surface area (Å²) in [7, 11) is 0. The van der Waals surface area contributed by atoms with Crippen LogP contribution in [-0.4, -0.2) is 15.7 Å². The van der Waals surface area contributed by atoms with Crippen LogP contribution in [0.4, 0.5) is 4.79 Å². The molecule has 0 bridgehead atoms. The number of nitrogens with one attached hydrogen (secondary N) is 2. The van der Waals surface area contributed by atoms with Gasteiger partial charge in [0.15, 0.2) is 0 Å². The van der Waals surface area contributed by atoms with Crippen LogP contribution in [0.2, 0.25) is 0 Å². The van der Waals surface area contributed by atoms with Crippen LogP contribution >= 0.6 is 34.8 Å². The Hall–Kier alpha value is -0.970. The minimum absolute atomic E-state index is 0.136. The number of aryl methyl sites for hydroxylation is 1. The third kappa shape index (κ3) is 3.78. The Morgan fingerprint density at radius 2 is 1.90 bits per heavy atom. The molecule has 1 aromatic carbocycles. The second-order valence-corrected chi connectivity index (χ2v) is 6.85. The van der Waals surface area contributed by atoms with Crippen LogP contribution in [0.15, 0.2) is 24.3 Å². The first-order chi connectivity index (χ1) is 9.38. The first kappa shape index (κ1) is 15.4. The molecule has 4 nitrogen and oxygen atoms in total. The zero-order valence-electron chi connectivity index (χ0n) is 10.5. The van der Waals surface area contributed by atoms with Gasteiger partial charge in [-0.05, 0) is 30.4 Å². The van der Waals surface area contributed by atoms with Gasteiger partial charge in [0.2, 0.25) is 0 Å². The molecule has 3 amide bonds. The molecule has 1 aromatic rings. The van der Waals surface area contributed by atoms with Crippen LogP contribution in [0.3, 0.4) is 0 Å². The molecule has 0 aliphatic heterocycles. The molecule has 0 spiro atoms. The molecule has 2 rings (SSSR count). The molecule has 0 fully saturated rings. The van der Waals surface area contributed by atoms with Gasteiger partial charge in [0, 0.05) is 0 Å². The number of rotatable bonds is 1. The molecule has 0 saturated heterocycles.